The molecule has 1 N–H and O–H groups in total. The molecule has 1 aliphatic rings. The average Bonchev–Trinajstić information content (AvgIpc) is 2.82. The molecule has 118 valence electrons. The Hall–Kier alpha value is -1.57. The largest absolute Gasteiger partial charge is 0.475 e. The Morgan fingerprint density at radius 3 is 2.67 bits per heavy atom. The Balaban J connectivity index is 2.34. The summed E-state index contributed by atoms with van der Waals surface area (Å²) < 4.78 is 49.2. The number of ether oxygens (including phenoxy) is 1. The lowest BCUT2D eigenvalue weighted by Gasteiger charge is -2.30. The van der Waals surface area contributed by atoms with Gasteiger partial charge in [-0.2, -0.15) is 13.2 Å². The van der Waals surface area contributed by atoms with Crippen LogP contribution in [0.3, 0.4) is 0 Å². The van der Waals surface area contributed by atoms with Crippen LogP contribution in [-0.2, 0) is 11.3 Å². The Morgan fingerprint density at radius 2 is 2.10 bits per heavy atom. The first-order valence-electron chi connectivity index (χ1n) is 6.63. The van der Waals surface area contributed by atoms with Crippen LogP contribution in [0.4, 0.5) is 13.2 Å². The number of halogens is 3. The molecule has 0 aliphatic heterocycles. The van der Waals surface area contributed by atoms with Crippen LogP contribution in [0.5, 0.6) is 0 Å². The van der Waals surface area contributed by atoms with E-state index >= 15 is 0 Å². The molecule has 8 heteroatoms. The molecule has 0 saturated heterocycles. The third-order valence-corrected chi connectivity index (χ3v) is 3.69. The van der Waals surface area contributed by atoms with Crippen LogP contribution in [-0.4, -0.2) is 29.3 Å². The third kappa shape index (κ3) is 3.37. The van der Waals surface area contributed by atoms with Crippen LogP contribution in [0, 0.1) is 5.92 Å². The smallest absolute Gasteiger partial charge is 0.392 e. The van der Waals surface area contributed by atoms with Gasteiger partial charge in [-0.25, -0.2) is 9.78 Å². The molecular weight excluding hydrogens is 291 g/mol. The molecule has 1 aromatic rings. The Bertz CT molecular complexity index is 512. The number of carbonyl (C=O) groups is 1. The van der Waals surface area contributed by atoms with Crippen LogP contribution < -0.4 is 0 Å². The summed E-state index contributed by atoms with van der Waals surface area (Å²) in [6, 6.07) is 0. The normalized spacial score (nSPS) is 23.2. The van der Waals surface area contributed by atoms with Crippen molar-refractivity contribution >= 4 is 5.97 Å². The fourth-order valence-corrected chi connectivity index (χ4v) is 2.75. The molecule has 0 spiro atoms. The average molecular weight is 307 g/mol. The van der Waals surface area contributed by atoms with Gasteiger partial charge in [-0.1, -0.05) is 12.8 Å². The molecule has 1 fully saturated rings. The van der Waals surface area contributed by atoms with Gasteiger partial charge in [-0.15, -0.1) is 0 Å². The topological polar surface area (TPSA) is 72.6 Å². The summed E-state index contributed by atoms with van der Waals surface area (Å²) in [6.45, 7) is -0.117. The number of nitrogens with zero attached hydrogens (tertiary/aromatic N) is 1. The predicted octanol–water partition coefficient (Wildman–Crippen LogP) is 3.36. The third-order valence-electron chi connectivity index (χ3n) is 3.69. The first-order valence-corrected chi connectivity index (χ1v) is 6.63. The molecule has 1 heterocycles. The maximum Gasteiger partial charge on any atom is 0.392 e. The van der Waals surface area contributed by atoms with Crippen molar-refractivity contribution in [1.82, 2.24) is 4.98 Å². The molecule has 21 heavy (non-hydrogen) atoms. The van der Waals surface area contributed by atoms with Gasteiger partial charge >= 0.3 is 12.1 Å². The highest BCUT2D eigenvalue weighted by Crippen LogP contribution is 2.46. The number of carboxylic acids is 1. The Morgan fingerprint density at radius 1 is 1.43 bits per heavy atom. The summed E-state index contributed by atoms with van der Waals surface area (Å²) in [5.41, 5.74) is 0.0199. The quantitative estimate of drug-likeness (QED) is 0.923. The number of oxazole rings is 1. The van der Waals surface area contributed by atoms with Crippen molar-refractivity contribution in [2.24, 2.45) is 5.92 Å². The van der Waals surface area contributed by atoms with Gasteiger partial charge in [-0.05, 0) is 12.8 Å². The highest BCUT2D eigenvalue weighted by molar-refractivity contribution is 5.85. The van der Waals surface area contributed by atoms with E-state index in [4.69, 9.17) is 14.3 Å². The van der Waals surface area contributed by atoms with E-state index in [2.05, 4.69) is 4.98 Å². The van der Waals surface area contributed by atoms with Crippen LogP contribution in [0.25, 0.3) is 0 Å². The molecule has 0 radical (unpaired) electrons. The standard InChI is InChI=1S/C13H16F3NO4/c1-20-6-9-10(12(18)19)21-11(17-9)7-4-2-3-5-8(7)13(14,15)16/h7-8H,2-6H2,1H3,(H,18,19). The van der Waals surface area contributed by atoms with E-state index in [-0.39, 0.29) is 31.0 Å². The Labute approximate surface area is 119 Å². The fraction of sp³-hybridized carbons (Fsp3) is 0.692. The van der Waals surface area contributed by atoms with Crippen molar-refractivity contribution in [2.45, 2.75) is 44.4 Å². The first-order chi connectivity index (χ1) is 9.84. The van der Waals surface area contributed by atoms with Gasteiger partial charge in [0.2, 0.25) is 5.76 Å². The lowest BCUT2D eigenvalue weighted by atomic mass is 9.78. The number of carboxylic acid groups (broad SMARTS) is 1. The van der Waals surface area contributed by atoms with E-state index < -0.39 is 29.7 Å². The predicted molar refractivity (Wildman–Crippen MR) is 64.9 cm³/mol. The molecule has 0 bridgehead atoms. The molecule has 0 aromatic carbocycles. The minimum atomic E-state index is -4.34. The van der Waals surface area contributed by atoms with Crippen molar-refractivity contribution in [3.8, 4) is 0 Å². The minimum Gasteiger partial charge on any atom is -0.475 e. The summed E-state index contributed by atoms with van der Waals surface area (Å²) in [4.78, 5) is 15.0. The van der Waals surface area contributed by atoms with E-state index in [9.17, 15) is 18.0 Å². The van der Waals surface area contributed by atoms with E-state index in [0.29, 0.717) is 12.8 Å². The molecule has 2 unspecified atom stereocenters. The van der Waals surface area contributed by atoms with Gasteiger partial charge in [0.15, 0.2) is 5.89 Å². The highest BCUT2D eigenvalue weighted by Gasteiger charge is 2.48. The van der Waals surface area contributed by atoms with E-state index in [0.717, 1.165) is 0 Å². The van der Waals surface area contributed by atoms with Gasteiger partial charge in [0.25, 0.3) is 0 Å². The number of hydrogen-bond donors (Lipinski definition) is 1. The first kappa shape index (κ1) is 15.8. The Kier molecular flexibility index (Phi) is 4.55. The van der Waals surface area contributed by atoms with Crippen molar-refractivity contribution in [1.29, 1.82) is 0 Å². The number of alkyl halides is 3. The van der Waals surface area contributed by atoms with Crippen LogP contribution >= 0.6 is 0 Å². The summed E-state index contributed by atoms with van der Waals surface area (Å²) in [6.07, 6.45) is -2.90. The zero-order chi connectivity index (χ0) is 15.6. The van der Waals surface area contributed by atoms with Gasteiger partial charge in [0.05, 0.1) is 12.5 Å². The maximum atomic E-state index is 13.1. The number of aromatic nitrogens is 1. The molecule has 1 aromatic heterocycles. The van der Waals surface area contributed by atoms with E-state index in [1.54, 1.807) is 0 Å². The van der Waals surface area contributed by atoms with Crippen molar-refractivity contribution in [3.05, 3.63) is 17.3 Å². The zero-order valence-electron chi connectivity index (χ0n) is 11.4. The van der Waals surface area contributed by atoms with Gasteiger partial charge in [-0.3, -0.25) is 0 Å². The van der Waals surface area contributed by atoms with Crippen LogP contribution in [0.2, 0.25) is 0 Å². The van der Waals surface area contributed by atoms with Gasteiger partial charge in [0, 0.05) is 13.0 Å². The molecule has 0 amide bonds. The molecule has 2 atom stereocenters. The van der Waals surface area contributed by atoms with Crippen molar-refractivity contribution < 1.29 is 32.2 Å². The van der Waals surface area contributed by atoms with Gasteiger partial charge < -0.3 is 14.3 Å². The SMILES string of the molecule is COCc1nc(C2CCCCC2C(F)(F)F)oc1C(=O)O. The van der Waals surface area contributed by atoms with E-state index in [1.807, 2.05) is 0 Å². The van der Waals surface area contributed by atoms with Crippen molar-refractivity contribution in [2.75, 3.05) is 7.11 Å². The van der Waals surface area contributed by atoms with Gasteiger partial charge in [0.1, 0.15) is 5.69 Å². The van der Waals surface area contributed by atoms with Crippen molar-refractivity contribution in [3.63, 3.8) is 0 Å². The highest BCUT2D eigenvalue weighted by atomic mass is 19.4. The summed E-state index contributed by atoms with van der Waals surface area (Å²) in [7, 11) is 1.35. The monoisotopic (exact) mass is 307 g/mol. The van der Waals surface area contributed by atoms with Crippen LogP contribution in [0.1, 0.15) is 53.7 Å². The second kappa shape index (κ2) is 6.05. The lowest BCUT2D eigenvalue weighted by molar-refractivity contribution is -0.188. The molecule has 5 nitrogen and oxygen atoms in total. The summed E-state index contributed by atoms with van der Waals surface area (Å²) in [5, 5.41) is 9.02. The summed E-state index contributed by atoms with van der Waals surface area (Å²) >= 11 is 0. The number of hydrogen-bond acceptors (Lipinski definition) is 4. The van der Waals surface area contributed by atoms with Crippen LogP contribution in [0.15, 0.2) is 4.42 Å². The second-order valence-corrected chi connectivity index (χ2v) is 5.11. The molecule has 1 saturated carbocycles. The lowest BCUT2D eigenvalue weighted by Crippen LogP contribution is -2.31. The van der Waals surface area contributed by atoms with E-state index in [1.165, 1.54) is 7.11 Å². The zero-order valence-corrected chi connectivity index (χ0v) is 11.4. The molecular formula is C13H16F3NO4. The maximum absolute atomic E-state index is 13.1. The second-order valence-electron chi connectivity index (χ2n) is 5.11. The molecule has 1 aliphatic carbocycles. The minimum absolute atomic E-state index is 0.0125. The fourth-order valence-electron chi connectivity index (χ4n) is 2.75. The molecule has 2 rings (SSSR count). The number of rotatable bonds is 4. The number of methoxy groups -OCH3 is 1. The summed E-state index contributed by atoms with van der Waals surface area (Å²) in [5.74, 6) is -4.43. The number of aromatic carboxylic acids is 1.